The first-order valence-electron chi connectivity index (χ1n) is 7.47. The number of hydrogen-bond donors (Lipinski definition) is 1. The van der Waals surface area contributed by atoms with Crippen LogP contribution in [0.25, 0.3) is 0 Å². The lowest BCUT2D eigenvalue weighted by Crippen LogP contribution is -2.35. The Labute approximate surface area is 124 Å². The maximum Gasteiger partial charge on any atom is 0.224 e. The fourth-order valence-corrected chi connectivity index (χ4v) is 3.01. The van der Waals surface area contributed by atoms with Gasteiger partial charge in [0.05, 0.1) is 7.11 Å². The minimum Gasteiger partial charge on any atom is -0.497 e. The highest BCUT2D eigenvalue weighted by Crippen LogP contribution is 2.31. The monoisotopic (exact) mass is 292 g/mol. The molecule has 2 aliphatic rings. The molecule has 2 fully saturated rings. The summed E-state index contributed by atoms with van der Waals surface area (Å²) in [6, 6.07) is 5.32. The molecule has 4 nitrogen and oxygen atoms in total. The largest absolute Gasteiger partial charge is 0.497 e. The van der Waals surface area contributed by atoms with Crippen molar-refractivity contribution >= 4 is 5.91 Å². The zero-order valence-electron chi connectivity index (χ0n) is 12.4. The normalized spacial score (nSPS) is 23.5. The molecule has 3 rings (SSSR count). The second-order valence-corrected chi connectivity index (χ2v) is 5.95. The zero-order valence-corrected chi connectivity index (χ0v) is 12.4. The van der Waals surface area contributed by atoms with Crippen molar-refractivity contribution < 1.29 is 13.9 Å². The number of hydrogen-bond acceptors (Lipinski definition) is 3. The summed E-state index contributed by atoms with van der Waals surface area (Å²) in [5.74, 6) is 0.453. The number of amides is 1. The number of halogens is 1. The summed E-state index contributed by atoms with van der Waals surface area (Å²) < 4.78 is 19.1. The molecule has 1 aromatic rings. The standard InChI is InChI=1S/C16H21FN2O2/c1-10(14-6-5-13(21-2)8-15(14)17)18-11-7-16(20)19(9-11)12-3-4-12/h5-6,8,10-12,18H,3-4,7,9H2,1-2H3. The fourth-order valence-electron chi connectivity index (χ4n) is 3.01. The van der Waals surface area contributed by atoms with Gasteiger partial charge in [-0.3, -0.25) is 4.79 Å². The number of carbonyl (C=O) groups is 1. The van der Waals surface area contributed by atoms with Crippen LogP contribution < -0.4 is 10.1 Å². The molecule has 21 heavy (non-hydrogen) atoms. The van der Waals surface area contributed by atoms with Crippen LogP contribution in [0.15, 0.2) is 18.2 Å². The first-order valence-corrected chi connectivity index (χ1v) is 7.47. The van der Waals surface area contributed by atoms with Crippen LogP contribution >= 0.6 is 0 Å². The van der Waals surface area contributed by atoms with E-state index in [2.05, 4.69) is 5.32 Å². The van der Waals surface area contributed by atoms with Gasteiger partial charge < -0.3 is 15.0 Å². The van der Waals surface area contributed by atoms with Crippen molar-refractivity contribution in [2.75, 3.05) is 13.7 Å². The van der Waals surface area contributed by atoms with Gasteiger partial charge in [-0.1, -0.05) is 6.07 Å². The van der Waals surface area contributed by atoms with E-state index in [0.29, 0.717) is 23.8 Å². The second-order valence-electron chi connectivity index (χ2n) is 5.95. The van der Waals surface area contributed by atoms with Gasteiger partial charge in [-0.25, -0.2) is 4.39 Å². The zero-order chi connectivity index (χ0) is 15.0. The minimum absolute atomic E-state index is 0.106. The lowest BCUT2D eigenvalue weighted by molar-refractivity contribution is -0.128. The van der Waals surface area contributed by atoms with E-state index < -0.39 is 0 Å². The predicted molar refractivity (Wildman–Crippen MR) is 77.6 cm³/mol. The Hall–Kier alpha value is -1.62. The Kier molecular flexibility index (Phi) is 3.85. The van der Waals surface area contributed by atoms with Crippen molar-refractivity contribution in [3.8, 4) is 5.75 Å². The van der Waals surface area contributed by atoms with E-state index in [4.69, 9.17) is 4.74 Å². The van der Waals surface area contributed by atoms with E-state index in [1.54, 1.807) is 12.1 Å². The topological polar surface area (TPSA) is 41.6 Å². The number of ether oxygens (including phenoxy) is 1. The van der Waals surface area contributed by atoms with Crippen molar-refractivity contribution in [1.82, 2.24) is 10.2 Å². The van der Waals surface area contributed by atoms with Crippen molar-refractivity contribution in [2.45, 2.75) is 44.3 Å². The van der Waals surface area contributed by atoms with E-state index in [1.165, 1.54) is 13.2 Å². The van der Waals surface area contributed by atoms with Crippen LogP contribution in [0.5, 0.6) is 5.75 Å². The lowest BCUT2D eigenvalue weighted by atomic mass is 10.1. The van der Waals surface area contributed by atoms with E-state index in [0.717, 1.165) is 19.4 Å². The van der Waals surface area contributed by atoms with Gasteiger partial charge in [0, 0.05) is 42.7 Å². The number of nitrogens with zero attached hydrogens (tertiary/aromatic N) is 1. The predicted octanol–water partition coefficient (Wildman–Crippen LogP) is 2.25. The molecule has 1 aromatic carbocycles. The first-order chi connectivity index (χ1) is 10.1. The second kappa shape index (κ2) is 5.64. The maximum absolute atomic E-state index is 14.1. The molecule has 1 heterocycles. The number of likely N-dealkylation sites (tertiary alicyclic amines) is 1. The molecule has 2 unspecified atom stereocenters. The van der Waals surface area contributed by atoms with Crippen LogP contribution in [0.3, 0.4) is 0 Å². The number of methoxy groups -OCH3 is 1. The molecule has 0 radical (unpaired) electrons. The summed E-state index contributed by atoms with van der Waals surface area (Å²) in [6.07, 6.45) is 2.76. The third kappa shape index (κ3) is 3.02. The average molecular weight is 292 g/mol. The fraction of sp³-hybridized carbons (Fsp3) is 0.562. The summed E-state index contributed by atoms with van der Waals surface area (Å²) in [5.41, 5.74) is 0.605. The molecule has 1 amide bonds. The van der Waals surface area contributed by atoms with Gasteiger partial charge in [-0.05, 0) is 25.8 Å². The molecular formula is C16H21FN2O2. The highest BCUT2D eigenvalue weighted by molar-refractivity contribution is 5.80. The summed E-state index contributed by atoms with van der Waals surface area (Å²) in [4.78, 5) is 13.9. The SMILES string of the molecule is COc1ccc(C(C)NC2CC(=O)N(C3CC3)C2)c(F)c1. The lowest BCUT2D eigenvalue weighted by Gasteiger charge is -2.21. The molecule has 1 aliphatic heterocycles. The molecule has 114 valence electrons. The van der Waals surface area contributed by atoms with Gasteiger partial charge in [0.25, 0.3) is 0 Å². The van der Waals surface area contributed by atoms with E-state index in [9.17, 15) is 9.18 Å². The number of benzene rings is 1. The van der Waals surface area contributed by atoms with Gasteiger partial charge in [0.1, 0.15) is 11.6 Å². The van der Waals surface area contributed by atoms with Crippen LogP contribution in [-0.2, 0) is 4.79 Å². The maximum atomic E-state index is 14.1. The third-order valence-corrected chi connectivity index (χ3v) is 4.31. The van der Waals surface area contributed by atoms with Crippen molar-refractivity contribution in [2.24, 2.45) is 0 Å². The molecular weight excluding hydrogens is 271 g/mol. The Bertz CT molecular complexity index is 545. The van der Waals surface area contributed by atoms with Crippen LogP contribution in [0, 0.1) is 5.82 Å². The van der Waals surface area contributed by atoms with Crippen LogP contribution in [-0.4, -0.2) is 36.5 Å². The highest BCUT2D eigenvalue weighted by Gasteiger charge is 2.39. The van der Waals surface area contributed by atoms with E-state index in [-0.39, 0.29) is 23.8 Å². The number of carbonyl (C=O) groups excluding carboxylic acids is 1. The molecule has 0 spiro atoms. The van der Waals surface area contributed by atoms with Crippen LogP contribution in [0.2, 0.25) is 0 Å². The summed E-state index contributed by atoms with van der Waals surface area (Å²) in [7, 11) is 1.52. The van der Waals surface area contributed by atoms with E-state index in [1.807, 2.05) is 11.8 Å². The Balaban J connectivity index is 1.63. The van der Waals surface area contributed by atoms with Crippen LogP contribution in [0.4, 0.5) is 4.39 Å². The Morgan fingerprint density at radius 2 is 2.19 bits per heavy atom. The molecule has 1 saturated heterocycles. The summed E-state index contributed by atoms with van der Waals surface area (Å²) >= 11 is 0. The Morgan fingerprint density at radius 1 is 1.43 bits per heavy atom. The van der Waals surface area contributed by atoms with Crippen molar-refractivity contribution in [3.63, 3.8) is 0 Å². The van der Waals surface area contributed by atoms with Crippen molar-refractivity contribution in [1.29, 1.82) is 0 Å². The number of rotatable bonds is 5. The quantitative estimate of drug-likeness (QED) is 0.905. The van der Waals surface area contributed by atoms with E-state index >= 15 is 0 Å². The Morgan fingerprint density at radius 3 is 2.81 bits per heavy atom. The van der Waals surface area contributed by atoms with Gasteiger partial charge in [-0.15, -0.1) is 0 Å². The van der Waals surface area contributed by atoms with Gasteiger partial charge in [0.15, 0.2) is 0 Å². The molecule has 0 bridgehead atoms. The van der Waals surface area contributed by atoms with Gasteiger partial charge in [-0.2, -0.15) is 0 Å². The van der Waals surface area contributed by atoms with Gasteiger partial charge >= 0.3 is 0 Å². The first kappa shape index (κ1) is 14.3. The summed E-state index contributed by atoms with van der Waals surface area (Å²) in [6.45, 7) is 2.67. The number of nitrogens with one attached hydrogen (secondary N) is 1. The average Bonchev–Trinajstić information content (AvgIpc) is 3.23. The molecule has 1 aliphatic carbocycles. The summed E-state index contributed by atoms with van der Waals surface area (Å²) in [5, 5.41) is 3.37. The molecule has 5 heteroatoms. The highest BCUT2D eigenvalue weighted by atomic mass is 19.1. The third-order valence-electron chi connectivity index (χ3n) is 4.31. The van der Waals surface area contributed by atoms with Crippen molar-refractivity contribution in [3.05, 3.63) is 29.6 Å². The minimum atomic E-state index is -0.280. The van der Waals surface area contributed by atoms with Crippen LogP contribution in [0.1, 0.15) is 37.8 Å². The molecule has 2 atom stereocenters. The molecule has 1 saturated carbocycles. The smallest absolute Gasteiger partial charge is 0.224 e. The molecule has 0 aromatic heterocycles. The molecule has 1 N–H and O–H groups in total. The van der Waals surface area contributed by atoms with Gasteiger partial charge in [0.2, 0.25) is 5.91 Å².